The molecule has 1 fully saturated rings. The molecule has 0 amide bonds. The van der Waals surface area contributed by atoms with Crippen molar-refractivity contribution in [3.05, 3.63) is 12.2 Å². The Balaban J connectivity index is 2.28. The number of rotatable bonds is 4. The van der Waals surface area contributed by atoms with Crippen LogP contribution in [0.2, 0.25) is 0 Å². The fourth-order valence-corrected chi connectivity index (χ4v) is 2.37. The summed E-state index contributed by atoms with van der Waals surface area (Å²) in [5.74, 6) is 1.77. The van der Waals surface area contributed by atoms with Gasteiger partial charge in [-0.3, -0.25) is 0 Å². The summed E-state index contributed by atoms with van der Waals surface area (Å²) < 4.78 is 0. The fourth-order valence-electron chi connectivity index (χ4n) is 2.37. The zero-order chi connectivity index (χ0) is 9.68. The zero-order valence-corrected chi connectivity index (χ0v) is 8.89. The molecule has 0 radical (unpaired) electrons. The normalized spacial score (nSPS) is 28.8. The van der Waals surface area contributed by atoms with Gasteiger partial charge in [-0.25, -0.2) is 0 Å². The number of nitrogens with two attached hydrogens (primary N) is 1. The Morgan fingerprint density at radius 3 is 2.38 bits per heavy atom. The summed E-state index contributed by atoms with van der Waals surface area (Å²) in [6.07, 6.45) is 7.92. The van der Waals surface area contributed by atoms with E-state index in [1.807, 2.05) is 0 Å². The van der Waals surface area contributed by atoms with Gasteiger partial charge in [-0.05, 0) is 50.5 Å². The van der Waals surface area contributed by atoms with E-state index in [4.69, 9.17) is 5.73 Å². The average molecular weight is 181 g/mol. The van der Waals surface area contributed by atoms with Crippen LogP contribution >= 0.6 is 0 Å². The molecule has 76 valence electrons. The number of hydrogen-bond donors (Lipinski definition) is 1. The summed E-state index contributed by atoms with van der Waals surface area (Å²) in [6.45, 7) is 7.21. The third kappa shape index (κ3) is 3.15. The van der Waals surface area contributed by atoms with Crippen molar-refractivity contribution in [2.75, 3.05) is 6.54 Å². The minimum absolute atomic E-state index is 0.770. The third-order valence-corrected chi connectivity index (χ3v) is 3.47. The van der Waals surface area contributed by atoms with Crippen LogP contribution in [0.25, 0.3) is 0 Å². The molecule has 0 unspecified atom stereocenters. The minimum atomic E-state index is 0.770. The first-order valence-electron chi connectivity index (χ1n) is 5.65. The van der Waals surface area contributed by atoms with Crippen molar-refractivity contribution in [3.63, 3.8) is 0 Å². The largest absolute Gasteiger partial charge is 0.330 e. The van der Waals surface area contributed by atoms with E-state index in [1.165, 1.54) is 37.7 Å². The lowest BCUT2D eigenvalue weighted by Crippen LogP contribution is -2.16. The SMILES string of the molecule is C=C(CCN)C1CCC(CC)CC1. The van der Waals surface area contributed by atoms with Gasteiger partial charge in [-0.15, -0.1) is 0 Å². The Morgan fingerprint density at radius 2 is 1.92 bits per heavy atom. The molecule has 1 heteroatoms. The topological polar surface area (TPSA) is 26.0 Å². The van der Waals surface area contributed by atoms with Gasteiger partial charge < -0.3 is 5.73 Å². The van der Waals surface area contributed by atoms with Crippen molar-refractivity contribution in [1.82, 2.24) is 0 Å². The molecule has 0 aliphatic heterocycles. The highest BCUT2D eigenvalue weighted by molar-refractivity contribution is 5.02. The highest BCUT2D eigenvalue weighted by Crippen LogP contribution is 2.34. The highest BCUT2D eigenvalue weighted by Gasteiger charge is 2.21. The second-order valence-electron chi connectivity index (χ2n) is 4.32. The molecule has 1 aliphatic rings. The molecule has 0 atom stereocenters. The van der Waals surface area contributed by atoms with Crippen LogP contribution in [0, 0.1) is 11.8 Å². The quantitative estimate of drug-likeness (QED) is 0.663. The smallest absolute Gasteiger partial charge is 0.00399 e. The fraction of sp³-hybridized carbons (Fsp3) is 0.833. The van der Waals surface area contributed by atoms with Gasteiger partial charge >= 0.3 is 0 Å². The van der Waals surface area contributed by atoms with E-state index in [-0.39, 0.29) is 0 Å². The van der Waals surface area contributed by atoms with Crippen LogP contribution in [0.1, 0.15) is 45.4 Å². The summed E-state index contributed by atoms with van der Waals surface area (Å²) in [7, 11) is 0. The van der Waals surface area contributed by atoms with Gasteiger partial charge in [0.2, 0.25) is 0 Å². The van der Waals surface area contributed by atoms with E-state index in [9.17, 15) is 0 Å². The third-order valence-electron chi connectivity index (χ3n) is 3.47. The molecule has 0 aromatic rings. The van der Waals surface area contributed by atoms with Gasteiger partial charge in [-0.1, -0.05) is 25.5 Å². The lowest BCUT2D eigenvalue weighted by molar-refractivity contribution is 0.292. The Morgan fingerprint density at radius 1 is 1.31 bits per heavy atom. The van der Waals surface area contributed by atoms with E-state index in [1.54, 1.807) is 0 Å². The van der Waals surface area contributed by atoms with Gasteiger partial charge in [0.05, 0.1) is 0 Å². The van der Waals surface area contributed by atoms with Crippen LogP contribution < -0.4 is 5.73 Å². The predicted molar refractivity (Wildman–Crippen MR) is 58.6 cm³/mol. The van der Waals surface area contributed by atoms with E-state index >= 15 is 0 Å². The molecule has 0 spiro atoms. The first kappa shape index (κ1) is 10.8. The molecule has 0 bridgehead atoms. The van der Waals surface area contributed by atoms with Gasteiger partial charge in [0.25, 0.3) is 0 Å². The monoisotopic (exact) mass is 181 g/mol. The maximum absolute atomic E-state index is 5.53. The minimum Gasteiger partial charge on any atom is -0.330 e. The Bertz CT molecular complexity index is 155. The lowest BCUT2D eigenvalue weighted by atomic mass is 9.77. The zero-order valence-electron chi connectivity index (χ0n) is 8.89. The molecule has 1 rings (SSSR count). The molecule has 0 heterocycles. The van der Waals surface area contributed by atoms with Crippen LogP contribution in [0.3, 0.4) is 0 Å². The molecule has 1 saturated carbocycles. The first-order valence-corrected chi connectivity index (χ1v) is 5.65. The second-order valence-corrected chi connectivity index (χ2v) is 4.32. The van der Waals surface area contributed by atoms with Crippen molar-refractivity contribution in [2.24, 2.45) is 17.6 Å². The standard InChI is InChI=1S/C12H23N/c1-3-11-4-6-12(7-5-11)10(2)8-9-13/h11-12H,2-9,13H2,1H3. The molecule has 13 heavy (non-hydrogen) atoms. The summed E-state index contributed by atoms with van der Waals surface area (Å²) in [5.41, 5.74) is 6.93. The van der Waals surface area contributed by atoms with Crippen molar-refractivity contribution in [1.29, 1.82) is 0 Å². The van der Waals surface area contributed by atoms with Crippen LogP contribution in [0.4, 0.5) is 0 Å². The van der Waals surface area contributed by atoms with Crippen LogP contribution in [0.15, 0.2) is 12.2 Å². The second kappa shape index (κ2) is 5.43. The van der Waals surface area contributed by atoms with Gasteiger partial charge in [0.15, 0.2) is 0 Å². The molecular formula is C12H23N. The molecule has 0 saturated heterocycles. The molecule has 1 nitrogen and oxygen atoms in total. The highest BCUT2D eigenvalue weighted by atomic mass is 14.5. The number of hydrogen-bond acceptors (Lipinski definition) is 1. The van der Waals surface area contributed by atoms with Crippen molar-refractivity contribution >= 4 is 0 Å². The van der Waals surface area contributed by atoms with Crippen molar-refractivity contribution in [3.8, 4) is 0 Å². The summed E-state index contributed by atoms with van der Waals surface area (Å²) >= 11 is 0. The van der Waals surface area contributed by atoms with Crippen LogP contribution in [-0.2, 0) is 0 Å². The predicted octanol–water partition coefficient (Wildman–Crippen LogP) is 3.11. The summed E-state index contributed by atoms with van der Waals surface area (Å²) in [6, 6.07) is 0. The maximum Gasteiger partial charge on any atom is -0.00399 e. The molecule has 0 aromatic carbocycles. The summed E-state index contributed by atoms with van der Waals surface area (Å²) in [4.78, 5) is 0. The van der Waals surface area contributed by atoms with E-state index < -0.39 is 0 Å². The van der Waals surface area contributed by atoms with E-state index in [2.05, 4.69) is 13.5 Å². The average Bonchev–Trinajstić information content (AvgIpc) is 2.18. The molecular weight excluding hydrogens is 158 g/mol. The maximum atomic E-state index is 5.53. The Labute approximate surface area is 82.4 Å². The summed E-state index contributed by atoms with van der Waals surface area (Å²) in [5, 5.41) is 0. The Kier molecular flexibility index (Phi) is 4.51. The van der Waals surface area contributed by atoms with Gasteiger partial charge in [-0.2, -0.15) is 0 Å². The van der Waals surface area contributed by atoms with Gasteiger partial charge in [0.1, 0.15) is 0 Å². The first-order chi connectivity index (χ1) is 6.27. The van der Waals surface area contributed by atoms with E-state index in [0.717, 1.165) is 24.8 Å². The van der Waals surface area contributed by atoms with Crippen LogP contribution in [-0.4, -0.2) is 6.54 Å². The van der Waals surface area contributed by atoms with E-state index in [0.29, 0.717) is 0 Å². The molecule has 0 aromatic heterocycles. The Hall–Kier alpha value is -0.300. The molecule has 2 N–H and O–H groups in total. The van der Waals surface area contributed by atoms with Crippen LogP contribution in [0.5, 0.6) is 0 Å². The van der Waals surface area contributed by atoms with Crippen molar-refractivity contribution < 1.29 is 0 Å². The lowest BCUT2D eigenvalue weighted by Gasteiger charge is -2.29. The molecule has 1 aliphatic carbocycles. The van der Waals surface area contributed by atoms with Gasteiger partial charge in [0, 0.05) is 0 Å². The van der Waals surface area contributed by atoms with Crippen molar-refractivity contribution in [2.45, 2.75) is 45.4 Å².